The zero-order valence-electron chi connectivity index (χ0n) is 19.6. The highest BCUT2D eigenvalue weighted by Crippen LogP contribution is 2.31. The van der Waals surface area contributed by atoms with Crippen LogP contribution in [0.4, 0.5) is 10.5 Å². The predicted molar refractivity (Wildman–Crippen MR) is 133 cm³/mol. The fraction of sp³-hybridized carbons (Fsp3) is 0.462. The normalized spacial score (nSPS) is 10.6. The van der Waals surface area contributed by atoms with Crippen LogP contribution in [-0.2, 0) is 4.79 Å². The Morgan fingerprint density at radius 1 is 0.906 bits per heavy atom. The Labute approximate surface area is 196 Å². The van der Waals surface area contributed by atoms with E-state index in [-0.39, 0.29) is 12.0 Å². The van der Waals surface area contributed by atoms with Crippen molar-refractivity contribution in [3.63, 3.8) is 0 Å². The lowest BCUT2D eigenvalue weighted by molar-refractivity contribution is -0.131. The maximum absolute atomic E-state index is 12.8. The van der Waals surface area contributed by atoms with Gasteiger partial charge in [0, 0.05) is 35.5 Å². The lowest BCUT2D eigenvalue weighted by Crippen LogP contribution is -2.41. The zero-order chi connectivity index (χ0) is 23.2. The molecule has 2 amide bonds. The lowest BCUT2D eigenvalue weighted by atomic mass is 10.1. The molecule has 0 spiro atoms. The Hall–Kier alpha value is -2.47. The summed E-state index contributed by atoms with van der Waals surface area (Å²) in [5, 5.41) is 3.05. The fourth-order valence-corrected chi connectivity index (χ4v) is 4.15. The molecule has 6 heteroatoms. The molecule has 0 atom stereocenters. The molecule has 0 saturated heterocycles. The Morgan fingerprint density at radius 2 is 1.62 bits per heavy atom. The van der Waals surface area contributed by atoms with E-state index in [4.69, 9.17) is 4.74 Å². The summed E-state index contributed by atoms with van der Waals surface area (Å²) < 4.78 is 5.17. The molecule has 32 heavy (non-hydrogen) atoms. The van der Waals surface area contributed by atoms with Crippen molar-refractivity contribution < 1.29 is 14.3 Å². The van der Waals surface area contributed by atoms with E-state index in [9.17, 15) is 9.59 Å². The zero-order valence-corrected chi connectivity index (χ0v) is 20.4. The molecular weight excluding hydrogens is 420 g/mol. The van der Waals surface area contributed by atoms with Crippen LogP contribution in [0.5, 0.6) is 5.75 Å². The molecule has 0 bridgehead atoms. The molecule has 2 aromatic rings. The van der Waals surface area contributed by atoms with Gasteiger partial charge >= 0.3 is 12.0 Å². The monoisotopic (exact) mass is 456 g/mol. The lowest BCUT2D eigenvalue weighted by Gasteiger charge is -2.23. The summed E-state index contributed by atoms with van der Waals surface area (Å²) in [5.41, 5.74) is 0.910. The van der Waals surface area contributed by atoms with E-state index in [1.54, 1.807) is 17.8 Å². The number of ether oxygens (including phenoxy) is 1. The first-order valence-electron chi connectivity index (χ1n) is 11.6. The van der Waals surface area contributed by atoms with Gasteiger partial charge in [0.1, 0.15) is 5.75 Å². The maximum Gasteiger partial charge on any atom is 0.321 e. The van der Waals surface area contributed by atoms with Crippen LogP contribution in [0.25, 0.3) is 0 Å². The predicted octanol–water partition coefficient (Wildman–Crippen LogP) is 7.05. The average Bonchev–Trinajstić information content (AvgIpc) is 2.77. The third-order valence-corrected chi connectivity index (χ3v) is 5.99. The van der Waals surface area contributed by atoms with Crippen molar-refractivity contribution in [2.45, 2.75) is 75.5 Å². The number of hydrogen-bond acceptors (Lipinski definition) is 4. The summed E-state index contributed by atoms with van der Waals surface area (Å²) in [4.78, 5) is 27.9. The highest BCUT2D eigenvalue weighted by molar-refractivity contribution is 7.99. The molecule has 0 aliphatic carbocycles. The molecule has 174 valence electrons. The van der Waals surface area contributed by atoms with Crippen LogP contribution in [0, 0.1) is 0 Å². The van der Waals surface area contributed by atoms with E-state index in [1.165, 1.54) is 26.2 Å². The Kier molecular flexibility index (Phi) is 11.7. The largest absolute Gasteiger partial charge is 0.427 e. The van der Waals surface area contributed by atoms with E-state index in [0.29, 0.717) is 12.3 Å². The number of rotatable bonds is 13. The van der Waals surface area contributed by atoms with E-state index < -0.39 is 0 Å². The number of hydrogen-bond donors (Lipinski definition) is 1. The van der Waals surface area contributed by atoms with Gasteiger partial charge in [-0.2, -0.15) is 0 Å². The van der Waals surface area contributed by atoms with E-state index in [0.717, 1.165) is 47.7 Å². The number of esters is 1. The molecule has 5 nitrogen and oxygen atoms in total. The number of unbranched alkanes of at least 4 members (excludes halogenated alkanes) is 5. The van der Waals surface area contributed by atoms with Crippen molar-refractivity contribution in [3.05, 3.63) is 48.5 Å². The maximum atomic E-state index is 12.8. The highest BCUT2D eigenvalue weighted by Gasteiger charge is 2.15. The first-order valence-corrected chi connectivity index (χ1v) is 12.5. The van der Waals surface area contributed by atoms with Crippen LogP contribution in [0.2, 0.25) is 0 Å². The molecule has 0 aromatic heterocycles. The van der Waals surface area contributed by atoms with Crippen LogP contribution in [0.15, 0.2) is 58.3 Å². The number of carbonyl (C=O) groups is 2. The van der Waals surface area contributed by atoms with Crippen molar-refractivity contribution in [1.82, 2.24) is 5.32 Å². The van der Waals surface area contributed by atoms with Gasteiger partial charge in [-0.3, -0.25) is 9.69 Å². The van der Waals surface area contributed by atoms with Crippen molar-refractivity contribution in [1.29, 1.82) is 0 Å². The number of anilines is 1. The summed E-state index contributed by atoms with van der Waals surface area (Å²) in [6.45, 7) is 7.15. The van der Waals surface area contributed by atoms with Crippen LogP contribution in [0.3, 0.4) is 0 Å². The van der Waals surface area contributed by atoms with Gasteiger partial charge in [-0.15, -0.1) is 0 Å². The van der Waals surface area contributed by atoms with Gasteiger partial charge in [-0.05, 0) is 55.3 Å². The second-order valence-corrected chi connectivity index (χ2v) is 8.96. The van der Waals surface area contributed by atoms with Crippen LogP contribution in [-0.4, -0.2) is 25.1 Å². The van der Waals surface area contributed by atoms with Crippen molar-refractivity contribution in [2.75, 3.05) is 18.0 Å². The minimum Gasteiger partial charge on any atom is -0.427 e. The highest BCUT2D eigenvalue weighted by atomic mass is 32.2. The minimum absolute atomic E-state index is 0.0246. The molecule has 0 saturated carbocycles. The fourth-order valence-electron chi connectivity index (χ4n) is 3.29. The van der Waals surface area contributed by atoms with Gasteiger partial charge < -0.3 is 10.1 Å². The van der Waals surface area contributed by atoms with Crippen molar-refractivity contribution in [3.8, 4) is 5.75 Å². The first kappa shape index (κ1) is 25.8. The summed E-state index contributed by atoms with van der Waals surface area (Å²) in [6, 6.07) is 15.5. The summed E-state index contributed by atoms with van der Waals surface area (Å²) >= 11 is 1.59. The molecule has 2 aromatic carbocycles. The van der Waals surface area contributed by atoms with Gasteiger partial charge in [0.05, 0.1) is 0 Å². The molecule has 0 fully saturated rings. The van der Waals surface area contributed by atoms with E-state index in [2.05, 4.69) is 19.2 Å². The molecule has 0 unspecified atom stereocenters. The Bertz CT molecular complexity index is 839. The second kappa shape index (κ2) is 14.6. The average molecular weight is 457 g/mol. The molecule has 0 aliphatic heterocycles. The molecule has 0 heterocycles. The first-order chi connectivity index (χ1) is 15.5. The van der Waals surface area contributed by atoms with Gasteiger partial charge in [-0.25, -0.2) is 4.79 Å². The number of nitrogens with zero attached hydrogens (tertiary/aromatic N) is 1. The number of urea groups is 1. The standard InChI is InChI=1S/C26H36N2O3S/c1-4-6-8-9-10-19-28(26(30)27-18-7-5-2)22-14-16-24(17-15-22)32-25-13-11-12-23(20-25)31-21(3)29/h11-17,20H,4-10,18-19H2,1-3H3,(H,27,30). The van der Waals surface area contributed by atoms with Gasteiger partial charge in [0.15, 0.2) is 0 Å². The van der Waals surface area contributed by atoms with Crippen molar-refractivity contribution in [2.24, 2.45) is 0 Å². The Morgan fingerprint density at radius 3 is 2.31 bits per heavy atom. The molecule has 0 aliphatic rings. The quantitative estimate of drug-likeness (QED) is 0.199. The third-order valence-electron chi connectivity index (χ3n) is 4.99. The van der Waals surface area contributed by atoms with Gasteiger partial charge in [-0.1, -0.05) is 63.8 Å². The summed E-state index contributed by atoms with van der Waals surface area (Å²) in [7, 11) is 0. The molecule has 1 N–H and O–H groups in total. The third kappa shape index (κ3) is 9.35. The topological polar surface area (TPSA) is 58.6 Å². The minimum atomic E-state index is -0.330. The number of amides is 2. The second-order valence-electron chi connectivity index (χ2n) is 7.82. The van der Waals surface area contributed by atoms with Gasteiger partial charge in [0.2, 0.25) is 0 Å². The number of carbonyl (C=O) groups excluding carboxylic acids is 2. The van der Waals surface area contributed by atoms with Crippen molar-refractivity contribution >= 4 is 29.4 Å². The Balaban J connectivity index is 2.04. The molecule has 2 rings (SSSR count). The molecule has 0 radical (unpaired) electrons. The number of benzene rings is 2. The smallest absolute Gasteiger partial charge is 0.321 e. The van der Waals surface area contributed by atoms with Gasteiger partial charge in [0.25, 0.3) is 0 Å². The van der Waals surface area contributed by atoms with Crippen LogP contribution < -0.4 is 15.0 Å². The van der Waals surface area contributed by atoms with E-state index >= 15 is 0 Å². The SMILES string of the molecule is CCCCCCCN(C(=O)NCCCC)c1ccc(Sc2cccc(OC(C)=O)c2)cc1. The van der Waals surface area contributed by atoms with Crippen LogP contribution in [0.1, 0.15) is 65.7 Å². The molecular formula is C26H36N2O3S. The van der Waals surface area contributed by atoms with Crippen LogP contribution >= 0.6 is 11.8 Å². The number of nitrogens with one attached hydrogen (secondary N) is 1. The summed E-state index contributed by atoms with van der Waals surface area (Å²) in [5.74, 6) is 0.209. The summed E-state index contributed by atoms with van der Waals surface area (Å²) in [6.07, 6.45) is 7.85. The van der Waals surface area contributed by atoms with E-state index in [1.807, 2.05) is 47.4 Å².